The molecule has 7 heteroatoms. The summed E-state index contributed by atoms with van der Waals surface area (Å²) in [6.07, 6.45) is -3.52. The Morgan fingerprint density at radius 2 is 1.90 bits per heavy atom. The van der Waals surface area contributed by atoms with Gasteiger partial charge in [-0.05, 0) is 31.0 Å². The fraction of sp³-hybridized carbons (Fsp3) is 0.500. The van der Waals surface area contributed by atoms with E-state index in [1.165, 1.54) is 6.07 Å². The molecule has 1 rings (SSSR count). The Bertz CT molecular complexity index is 514. The molecule has 0 aliphatic carbocycles. The molecular formula is C14H17F4NOS. The number of ether oxygens (including phenoxy) is 1. The van der Waals surface area contributed by atoms with Gasteiger partial charge in [-0.1, -0.05) is 26.1 Å². The first kappa shape index (κ1) is 17.7. The molecule has 21 heavy (non-hydrogen) atoms. The van der Waals surface area contributed by atoms with Crippen LogP contribution in [0, 0.1) is 11.2 Å². The van der Waals surface area contributed by atoms with Crippen molar-refractivity contribution in [3.63, 3.8) is 0 Å². The van der Waals surface area contributed by atoms with Crippen LogP contribution < -0.4 is 10.5 Å². The second kappa shape index (κ2) is 6.60. The first-order valence-electron chi connectivity index (χ1n) is 6.33. The van der Waals surface area contributed by atoms with Crippen molar-refractivity contribution in [3.8, 4) is 5.75 Å². The van der Waals surface area contributed by atoms with Crippen LogP contribution in [0.4, 0.5) is 17.6 Å². The van der Waals surface area contributed by atoms with E-state index in [0.29, 0.717) is 23.9 Å². The summed E-state index contributed by atoms with van der Waals surface area (Å²) in [6.45, 7) is 3.97. The summed E-state index contributed by atoms with van der Waals surface area (Å²) in [5.74, 6) is -1.33. The van der Waals surface area contributed by atoms with E-state index in [9.17, 15) is 17.6 Å². The molecule has 0 spiro atoms. The quantitative estimate of drug-likeness (QED) is 0.481. The summed E-state index contributed by atoms with van der Waals surface area (Å²) in [6, 6.07) is 2.58. The van der Waals surface area contributed by atoms with Crippen molar-refractivity contribution in [3.05, 3.63) is 29.6 Å². The van der Waals surface area contributed by atoms with Gasteiger partial charge in [-0.3, -0.25) is 0 Å². The zero-order valence-electron chi connectivity index (χ0n) is 11.8. The standard InChI is InChI=1S/C14H17F4NOS/c1-13(2,12(19)21)6-3-7-20-9-4-5-11(15)10(8-9)14(16,17)18/h4-5,8H,3,6-7H2,1-2H3,(H2,19,21). The van der Waals surface area contributed by atoms with Crippen molar-refractivity contribution in [2.24, 2.45) is 11.1 Å². The summed E-state index contributed by atoms with van der Waals surface area (Å²) in [4.78, 5) is 0.378. The third-order valence-electron chi connectivity index (χ3n) is 3.13. The Labute approximate surface area is 126 Å². The van der Waals surface area contributed by atoms with Gasteiger partial charge in [0.05, 0.1) is 17.2 Å². The Morgan fingerprint density at radius 1 is 1.29 bits per heavy atom. The number of benzene rings is 1. The van der Waals surface area contributed by atoms with Crippen LogP contribution in [0.5, 0.6) is 5.75 Å². The molecule has 0 heterocycles. The van der Waals surface area contributed by atoms with E-state index in [0.717, 1.165) is 6.07 Å². The van der Waals surface area contributed by atoms with Crippen molar-refractivity contribution >= 4 is 17.2 Å². The molecule has 1 aromatic carbocycles. The third kappa shape index (κ3) is 5.15. The molecule has 0 amide bonds. The summed E-state index contributed by atoms with van der Waals surface area (Å²) in [7, 11) is 0. The smallest absolute Gasteiger partial charge is 0.419 e. The van der Waals surface area contributed by atoms with E-state index >= 15 is 0 Å². The Kier molecular flexibility index (Phi) is 5.55. The molecule has 118 valence electrons. The number of thiocarbonyl (C=S) groups is 1. The number of hydrogen-bond donors (Lipinski definition) is 1. The average molecular weight is 323 g/mol. The largest absolute Gasteiger partial charge is 0.494 e. The van der Waals surface area contributed by atoms with Gasteiger partial charge in [-0.15, -0.1) is 0 Å². The van der Waals surface area contributed by atoms with Crippen LogP contribution in [-0.2, 0) is 6.18 Å². The maximum absolute atomic E-state index is 13.1. The van der Waals surface area contributed by atoms with Gasteiger partial charge in [-0.25, -0.2) is 4.39 Å². The number of alkyl halides is 3. The van der Waals surface area contributed by atoms with Crippen molar-refractivity contribution in [2.75, 3.05) is 6.61 Å². The molecule has 0 radical (unpaired) electrons. The fourth-order valence-corrected chi connectivity index (χ4v) is 1.74. The summed E-state index contributed by atoms with van der Waals surface area (Å²) >= 11 is 4.92. The maximum atomic E-state index is 13.1. The molecule has 0 aliphatic heterocycles. The first-order valence-corrected chi connectivity index (χ1v) is 6.74. The van der Waals surface area contributed by atoms with Gasteiger partial charge in [0.15, 0.2) is 0 Å². The molecule has 2 nitrogen and oxygen atoms in total. The Balaban J connectivity index is 2.60. The second-order valence-corrected chi connectivity index (χ2v) is 5.78. The predicted molar refractivity (Wildman–Crippen MR) is 76.7 cm³/mol. The van der Waals surface area contributed by atoms with E-state index in [1.807, 2.05) is 13.8 Å². The molecule has 0 saturated heterocycles. The summed E-state index contributed by atoms with van der Waals surface area (Å²) in [5.41, 5.74) is 3.91. The minimum absolute atomic E-state index is 0.0168. The van der Waals surface area contributed by atoms with Gasteiger partial charge in [0.2, 0.25) is 0 Å². The van der Waals surface area contributed by atoms with Crippen molar-refractivity contribution in [2.45, 2.75) is 32.9 Å². The zero-order chi connectivity index (χ0) is 16.3. The molecule has 0 bridgehead atoms. The Morgan fingerprint density at radius 3 is 2.43 bits per heavy atom. The van der Waals surface area contributed by atoms with E-state index in [1.54, 1.807) is 0 Å². The lowest BCUT2D eigenvalue weighted by atomic mass is 9.88. The average Bonchev–Trinajstić information content (AvgIpc) is 2.34. The third-order valence-corrected chi connectivity index (χ3v) is 3.68. The van der Waals surface area contributed by atoms with Crippen molar-refractivity contribution in [1.29, 1.82) is 0 Å². The molecule has 0 aromatic heterocycles. The molecule has 1 aromatic rings. The van der Waals surface area contributed by atoms with Crippen LogP contribution in [0.3, 0.4) is 0 Å². The van der Waals surface area contributed by atoms with Gasteiger partial charge in [0.1, 0.15) is 11.6 Å². The summed E-state index contributed by atoms with van der Waals surface area (Å²) in [5, 5.41) is 0. The molecule has 2 N–H and O–H groups in total. The minimum Gasteiger partial charge on any atom is -0.494 e. The Hall–Kier alpha value is -1.37. The number of nitrogens with two attached hydrogens (primary N) is 1. The van der Waals surface area contributed by atoms with Gasteiger partial charge in [0.25, 0.3) is 0 Å². The molecular weight excluding hydrogens is 306 g/mol. The molecule has 0 fully saturated rings. The van der Waals surface area contributed by atoms with Crippen LogP contribution in [0.25, 0.3) is 0 Å². The van der Waals surface area contributed by atoms with E-state index < -0.39 is 17.6 Å². The molecule has 0 aliphatic rings. The zero-order valence-corrected chi connectivity index (χ0v) is 12.6. The monoisotopic (exact) mass is 323 g/mol. The SMILES string of the molecule is CC(C)(CCCOc1ccc(F)c(C(F)(F)F)c1)C(N)=S. The molecule has 0 unspecified atom stereocenters. The van der Waals surface area contributed by atoms with Gasteiger partial charge in [0, 0.05) is 5.41 Å². The highest BCUT2D eigenvalue weighted by Gasteiger charge is 2.34. The maximum Gasteiger partial charge on any atom is 0.419 e. The lowest BCUT2D eigenvalue weighted by Crippen LogP contribution is -2.30. The number of rotatable bonds is 6. The van der Waals surface area contributed by atoms with Gasteiger partial charge >= 0.3 is 6.18 Å². The van der Waals surface area contributed by atoms with Crippen LogP contribution in [-0.4, -0.2) is 11.6 Å². The lowest BCUT2D eigenvalue weighted by molar-refractivity contribution is -0.140. The van der Waals surface area contributed by atoms with Gasteiger partial charge in [-0.2, -0.15) is 13.2 Å². The number of halogens is 4. The fourth-order valence-electron chi connectivity index (χ4n) is 1.64. The lowest BCUT2D eigenvalue weighted by Gasteiger charge is -2.22. The highest BCUT2D eigenvalue weighted by Crippen LogP contribution is 2.33. The van der Waals surface area contributed by atoms with Crippen LogP contribution >= 0.6 is 12.2 Å². The van der Waals surface area contributed by atoms with Crippen LogP contribution in [0.1, 0.15) is 32.3 Å². The van der Waals surface area contributed by atoms with E-state index in [-0.39, 0.29) is 17.8 Å². The highest BCUT2D eigenvalue weighted by molar-refractivity contribution is 7.80. The van der Waals surface area contributed by atoms with Crippen LogP contribution in [0.15, 0.2) is 18.2 Å². The van der Waals surface area contributed by atoms with E-state index in [2.05, 4.69) is 0 Å². The predicted octanol–water partition coefficient (Wildman–Crippen LogP) is 4.32. The van der Waals surface area contributed by atoms with Crippen molar-refractivity contribution < 1.29 is 22.3 Å². The van der Waals surface area contributed by atoms with Crippen molar-refractivity contribution in [1.82, 2.24) is 0 Å². The van der Waals surface area contributed by atoms with Gasteiger partial charge < -0.3 is 10.5 Å². The summed E-state index contributed by atoms with van der Waals surface area (Å²) < 4.78 is 55.9. The normalized spacial score (nSPS) is 12.3. The first-order chi connectivity index (χ1) is 9.54. The molecule has 0 saturated carbocycles. The highest BCUT2D eigenvalue weighted by atomic mass is 32.1. The van der Waals surface area contributed by atoms with Crippen LogP contribution in [0.2, 0.25) is 0 Å². The minimum atomic E-state index is -4.74. The second-order valence-electron chi connectivity index (χ2n) is 5.34. The number of hydrogen-bond acceptors (Lipinski definition) is 2. The topological polar surface area (TPSA) is 35.2 Å². The molecule has 0 atom stereocenters. The van der Waals surface area contributed by atoms with E-state index in [4.69, 9.17) is 22.7 Å².